The molecule has 0 atom stereocenters. The lowest BCUT2D eigenvalue weighted by Crippen LogP contribution is -1.97. The average molecular weight is 254 g/mol. The number of fused-ring (bicyclic) bond motifs is 1. The first-order valence-electron chi connectivity index (χ1n) is 6.67. The molecule has 2 rings (SSSR count). The molecule has 98 valence electrons. The summed E-state index contributed by atoms with van der Waals surface area (Å²) < 4.78 is 5.74. The molecule has 3 nitrogen and oxygen atoms in total. The number of hydrogen-bond donors (Lipinski definition) is 0. The molecule has 0 heterocycles. The Labute approximate surface area is 113 Å². The van der Waals surface area contributed by atoms with E-state index in [-0.39, 0.29) is 0 Å². The van der Waals surface area contributed by atoms with Gasteiger partial charge in [-0.05, 0) is 42.2 Å². The van der Waals surface area contributed by atoms with Crippen molar-refractivity contribution >= 4 is 17.0 Å². The minimum atomic E-state index is 0.731. The maximum absolute atomic E-state index is 8.25. The Morgan fingerprint density at radius 3 is 2.68 bits per heavy atom. The first-order chi connectivity index (χ1) is 9.40. The molecule has 0 aromatic heterocycles. The van der Waals surface area contributed by atoms with E-state index in [0.717, 1.165) is 38.0 Å². The van der Waals surface area contributed by atoms with E-state index in [1.807, 2.05) is 18.2 Å². The fraction of sp³-hybridized carbons (Fsp3) is 0.312. The van der Waals surface area contributed by atoms with Gasteiger partial charge in [-0.3, -0.25) is 0 Å². The monoisotopic (exact) mass is 254 g/mol. The smallest absolute Gasteiger partial charge is 0.257 e. The van der Waals surface area contributed by atoms with Gasteiger partial charge in [-0.25, -0.2) is 0 Å². The molecule has 0 N–H and O–H groups in total. The second-order valence-corrected chi connectivity index (χ2v) is 4.50. The second-order valence-electron chi connectivity index (χ2n) is 4.50. The minimum absolute atomic E-state index is 0.731. The van der Waals surface area contributed by atoms with Crippen LogP contribution in [0, 0.1) is 0 Å². The van der Waals surface area contributed by atoms with E-state index in [4.69, 9.17) is 10.3 Å². The van der Waals surface area contributed by atoms with E-state index >= 15 is 0 Å². The van der Waals surface area contributed by atoms with Gasteiger partial charge in [-0.2, -0.15) is 4.79 Å². The van der Waals surface area contributed by atoms with Crippen LogP contribution in [0.3, 0.4) is 0 Å². The SMILES string of the molecule is [N-]=[N+]=CCCCCCOc1ccc2ccccc2c1. The molecule has 0 aliphatic rings. The van der Waals surface area contributed by atoms with Gasteiger partial charge in [-0.1, -0.05) is 30.3 Å². The first-order valence-corrected chi connectivity index (χ1v) is 6.67. The van der Waals surface area contributed by atoms with Crippen LogP contribution < -0.4 is 4.74 Å². The number of benzene rings is 2. The maximum atomic E-state index is 8.25. The van der Waals surface area contributed by atoms with Gasteiger partial charge in [0, 0.05) is 6.42 Å². The van der Waals surface area contributed by atoms with Crippen LogP contribution in [-0.2, 0) is 0 Å². The number of rotatable bonds is 7. The van der Waals surface area contributed by atoms with Crippen molar-refractivity contribution in [2.45, 2.75) is 25.7 Å². The minimum Gasteiger partial charge on any atom is -0.494 e. The third-order valence-corrected chi connectivity index (χ3v) is 3.05. The zero-order valence-electron chi connectivity index (χ0n) is 11.0. The van der Waals surface area contributed by atoms with E-state index in [0.29, 0.717) is 0 Å². The van der Waals surface area contributed by atoms with Gasteiger partial charge >= 0.3 is 0 Å². The zero-order valence-corrected chi connectivity index (χ0v) is 11.0. The normalized spacial score (nSPS) is 10.1. The molecule has 0 amide bonds. The quantitative estimate of drug-likeness (QED) is 0.318. The number of unbranched alkanes of at least 4 members (excludes halogenated alkanes) is 3. The van der Waals surface area contributed by atoms with Crippen molar-refractivity contribution in [3.8, 4) is 5.75 Å². The van der Waals surface area contributed by atoms with Crippen molar-refractivity contribution in [1.29, 1.82) is 0 Å². The van der Waals surface area contributed by atoms with Gasteiger partial charge in [0.1, 0.15) is 5.75 Å². The van der Waals surface area contributed by atoms with Gasteiger partial charge < -0.3 is 10.3 Å². The predicted molar refractivity (Wildman–Crippen MR) is 77.6 cm³/mol. The number of nitrogens with zero attached hydrogens (tertiary/aromatic N) is 2. The summed E-state index contributed by atoms with van der Waals surface area (Å²) in [4.78, 5) is 2.97. The molecule has 0 saturated carbocycles. The molecule has 3 heteroatoms. The van der Waals surface area contributed by atoms with Gasteiger partial charge in [0.15, 0.2) is 0 Å². The summed E-state index contributed by atoms with van der Waals surface area (Å²) in [6.45, 7) is 0.731. The van der Waals surface area contributed by atoms with E-state index in [2.05, 4.69) is 29.1 Å². The Morgan fingerprint density at radius 1 is 1.00 bits per heavy atom. The molecule has 0 aliphatic carbocycles. The maximum Gasteiger partial charge on any atom is 0.257 e. The highest BCUT2D eigenvalue weighted by molar-refractivity contribution is 5.83. The molecule has 2 aromatic carbocycles. The number of ether oxygens (including phenoxy) is 1. The fourth-order valence-electron chi connectivity index (χ4n) is 2.02. The fourth-order valence-corrected chi connectivity index (χ4v) is 2.02. The third-order valence-electron chi connectivity index (χ3n) is 3.05. The summed E-state index contributed by atoms with van der Waals surface area (Å²) in [7, 11) is 0. The molecular formula is C16H18N2O. The Bertz CT molecular complexity index is 574. The highest BCUT2D eigenvalue weighted by Gasteiger charge is 1.97. The van der Waals surface area contributed by atoms with Crippen molar-refractivity contribution in [2.24, 2.45) is 0 Å². The van der Waals surface area contributed by atoms with E-state index in [9.17, 15) is 0 Å². The van der Waals surface area contributed by atoms with Gasteiger partial charge in [0.2, 0.25) is 0 Å². The summed E-state index contributed by atoms with van der Waals surface area (Å²) in [6, 6.07) is 14.4. The molecule has 0 fully saturated rings. The third kappa shape index (κ3) is 4.23. The molecule has 0 radical (unpaired) electrons. The molecule has 0 saturated heterocycles. The highest BCUT2D eigenvalue weighted by Crippen LogP contribution is 2.20. The van der Waals surface area contributed by atoms with Crippen LogP contribution in [0.5, 0.6) is 5.75 Å². The molecule has 19 heavy (non-hydrogen) atoms. The van der Waals surface area contributed by atoms with E-state index in [1.165, 1.54) is 17.0 Å². The second kappa shape index (κ2) is 7.34. The largest absolute Gasteiger partial charge is 0.494 e. The van der Waals surface area contributed by atoms with Gasteiger partial charge in [-0.15, -0.1) is 0 Å². The Kier molecular flexibility index (Phi) is 5.15. The molecule has 0 unspecified atom stereocenters. The van der Waals surface area contributed by atoms with Crippen LogP contribution >= 0.6 is 0 Å². The summed E-state index contributed by atoms with van der Waals surface area (Å²) >= 11 is 0. The Balaban J connectivity index is 1.77. The highest BCUT2D eigenvalue weighted by atomic mass is 16.5. The molecule has 0 aliphatic heterocycles. The van der Waals surface area contributed by atoms with E-state index < -0.39 is 0 Å². The Hall–Kier alpha value is -2.12. The molecular weight excluding hydrogens is 236 g/mol. The topological polar surface area (TPSA) is 45.6 Å². The standard InChI is InChI=1S/C16H18N2O/c17-18-11-5-1-2-6-12-19-16-10-9-14-7-3-4-8-15(14)13-16/h3-4,7-11,13H,1-2,5-6,12H2. The van der Waals surface area contributed by atoms with Crippen LogP contribution in [0.15, 0.2) is 42.5 Å². The van der Waals surface area contributed by atoms with Crippen molar-refractivity contribution in [2.75, 3.05) is 6.61 Å². The molecule has 0 spiro atoms. The predicted octanol–water partition coefficient (Wildman–Crippen LogP) is 4.08. The molecule has 0 bridgehead atoms. The van der Waals surface area contributed by atoms with Crippen molar-refractivity contribution in [3.05, 3.63) is 48.0 Å². The average Bonchev–Trinajstić information content (AvgIpc) is 2.46. The lowest BCUT2D eigenvalue weighted by molar-refractivity contribution is 0.000718. The van der Waals surface area contributed by atoms with Crippen LogP contribution in [0.2, 0.25) is 0 Å². The van der Waals surface area contributed by atoms with Crippen molar-refractivity contribution < 1.29 is 9.53 Å². The van der Waals surface area contributed by atoms with Crippen LogP contribution in [0.4, 0.5) is 0 Å². The number of hydrogen-bond acceptors (Lipinski definition) is 1. The van der Waals surface area contributed by atoms with Gasteiger partial charge in [0.25, 0.3) is 6.21 Å². The summed E-state index contributed by atoms with van der Waals surface area (Å²) in [5, 5.41) is 2.44. The van der Waals surface area contributed by atoms with Crippen molar-refractivity contribution in [1.82, 2.24) is 0 Å². The lowest BCUT2D eigenvalue weighted by Gasteiger charge is -2.06. The summed E-state index contributed by atoms with van der Waals surface area (Å²) in [6.07, 6.45) is 5.49. The molecule has 2 aromatic rings. The Morgan fingerprint density at radius 2 is 1.84 bits per heavy atom. The van der Waals surface area contributed by atoms with Crippen LogP contribution in [-0.4, -0.2) is 17.6 Å². The summed E-state index contributed by atoms with van der Waals surface area (Å²) in [5.74, 6) is 0.927. The van der Waals surface area contributed by atoms with Crippen molar-refractivity contribution in [3.63, 3.8) is 0 Å². The zero-order chi connectivity index (χ0) is 13.3. The van der Waals surface area contributed by atoms with Gasteiger partial charge in [0.05, 0.1) is 6.61 Å². The lowest BCUT2D eigenvalue weighted by atomic mass is 10.1. The van der Waals surface area contributed by atoms with Crippen LogP contribution in [0.1, 0.15) is 25.7 Å². The summed E-state index contributed by atoms with van der Waals surface area (Å²) in [5.41, 5.74) is 8.25. The van der Waals surface area contributed by atoms with E-state index in [1.54, 1.807) is 0 Å². The first kappa shape index (κ1) is 13.3. The van der Waals surface area contributed by atoms with Crippen LogP contribution in [0.25, 0.3) is 16.3 Å².